The van der Waals surface area contributed by atoms with E-state index in [2.05, 4.69) is 65.1 Å². The molecule has 8 heteroatoms. The van der Waals surface area contributed by atoms with Crippen molar-refractivity contribution in [2.75, 3.05) is 23.7 Å². The molecule has 5 rings (SSSR count). The molecule has 1 aromatic carbocycles. The Labute approximate surface area is 186 Å². The minimum absolute atomic E-state index is 0.514. The van der Waals surface area contributed by atoms with Crippen molar-refractivity contribution in [1.29, 1.82) is 0 Å². The van der Waals surface area contributed by atoms with Crippen LogP contribution in [0.2, 0.25) is 0 Å². The van der Waals surface area contributed by atoms with E-state index in [1.165, 1.54) is 5.56 Å². The number of aryl methyl sites for hydroxylation is 1. The maximum absolute atomic E-state index is 4.57. The summed E-state index contributed by atoms with van der Waals surface area (Å²) < 4.78 is 0. The summed E-state index contributed by atoms with van der Waals surface area (Å²) in [5, 5.41) is 9.80. The van der Waals surface area contributed by atoms with E-state index >= 15 is 0 Å². The predicted molar refractivity (Wildman–Crippen MR) is 125 cm³/mol. The molecule has 0 saturated carbocycles. The van der Waals surface area contributed by atoms with Crippen LogP contribution in [-0.2, 0) is 6.42 Å². The van der Waals surface area contributed by atoms with Gasteiger partial charge in [-0.1, -0.05) is 18.2 Å². The molecule has 1 fully saturated rings. The SMILES string of the molecule is Cc1cccc(-c2nccc(Nc3ccnc(Nc4ccc(CC5CNC5)cc4)n3)n2)n1. The van der Waals surface area contributed by atoms with Crippen LogP contribution in [0.1, 0.15) is 11.3 Å². The monoisotopic (exact) mass is 424 g/mol. The Hall–Kier alpha value is -3.91. The van der Waals surface area contributed by atoms with Crippen molar-refractivity contribution >= 4 is 23.3 Å². The van der Waals surface area contributed by atoms with Crippen LogP contribution >= 0.6 is 0 Å². The van der Waals surface area contributed by atoms with E-state index in [1.807, 2.05) is 25.1 Å². The lowest BCUT2D eigenvalue weighted by atomic mass is 9.94. The molecule has 4 aromatic rings. The minimum Gasteiger partial charge on any atom is -0.325 e. The zero-order valence-electron chi connectivity index (χ0n) is 17.8. The van der Waals surface area contributed by atoms with Gasteiger partial charge in [0.1, 0.15) is 17.3 Å². The second-order valence-corrected chi connectivity index (χ2v) is 7.87. The zero-order chi connectivity index (χ0) is 21.8. The topological polar surface area (TPSA) is 101 Å². The second-order valence-electron chi connectivity index (χ2n) is 7.87. The van der Waals surface area contributed by atoms with E-state index in [9.17, 15) is 0 Å². The summed E-state index contributed by atoms with van der Waals surface area (Å²) >= 11 is 0. The average molecular weight is 425 g/mol. The van der Waals surface area contributed by atoms with Gasteiger partial charge in [-0.25, -0.2) is 19.9 Å². The third kappa shape index (κ3) is 4.87. The predicted octanol–water partition coefficient (Wildman–Crippen LogP) is 3.89. The Morgan fingerprint density at radius 2 is 1.62 bits per heavy atom. The molecule has 0 aliphatic carbocycles. The number of nitrogens with one attached hydrogen (secondary N) is 3. The van der Waals surface area contributed by atoms with Crippen LogP contribution in [0.3, 0.4) is 0 Å². The smallest absolute Gasteiger partial charge is 0.229 e. The summed E-state index contributed by atoms with van der Waals surface area (Å²) in [7, 11) is 0. The summed E-state index contributed by atoms with van der Waals surface area (Å²) in [5.41, 5.74) is 3.95. The standard InChI is InChI=1S/C24H24N8/c1-16-3-2-4-20(28-16)23-26-11-9-21(31-23)30-22-10-12-27-24(32-22)29-19-7-5-17(6-8-19)13-18-14-25-15-18/h2-12,18,25H,13-15H2,1H3,(H2,26,27,29,30,31,32). The Kier molecular flexibility index (Phi) is 5.67. The molecule has 1 aliphatic heterocycles. The molecule has 160 valence electrons. The highest BCUT2D eigenvalue weighted by atomic mass is 15.2. The van der Waals surface area contributed by atoms with Gasteiger partial charge in [0.2, 0.25) is 5.95 Å². The summed E-state index contributed by atoms with van der Waals surface area (Å²) in [5.74, 6) is 3.10. The normalized spacial score (nSPS) is 13.4. The van der Waals surface area contributed by atoms with Gasteiger partial charge in [-0.05, 0) is 74.3 Å². The minimum atomic E-state index is 0.514. The number of hydrogen-bond acceptors (Lipinski definition) is 8. The Morgan fingerprint density at radius 1 is 0.844 bits per heavy atom. The van der Waals surface area contributed by atoms with Gasteiger partial charge in [0.05, 0.1) is 0 Å². The molecule has 0 spiro atoms. The van der Waals surface area contributed by atoms with E-state index in [1.54, 1.807) is 24.5 Å². The van der Waals surface area contributed by atoms with Crippen LogP contribution in [0, 0.1) is 12.8 Å². The molecule has 1 saturated heterocycles. The summed E-state index contributed by atoms with van der Waals surface area (Å²) in [6.07, 6.45) is 4.53. The lowest BCUT2D eigenvalue weighted by Gasteiger charge is -2.27. The Bertz CT molecular complexity index is 1200. The van der Waals surface area contributed by atoms with Gasteiger partial charge < -0.3 is 16.0 Å². The van der Waals surface area contributed by atoms with Crippen LogP contribution in [0.5, 0.6) is 0 Å². The van der Waals surface area contributed by atoms with Crippen molar-refractivity contribution in [1.82, 2.24) is 30.2 Å². The van der Waals surface area contributed by atoms with E-state index < -0.39 is 0 Å². The van der Waals surface area contributed by atoms with E-state index in [-0.39, 0.29) is 0 Å². The van der Waals surface area contributed by atoms with Crippen LogP contribution in [0.25, 0.3) is 11.5 Å². The molecule has 0 radical (unpaired) electrons. The van der Waals surface area contributed by atoms with Gasteiger partial charge >= 0.3 is 0 Å². The van der Waals surface area contributed by atoms with Gasteiger partial charge in [-0.2, -0.15) is 4.98 Å². The summed E-state index contributed by atoms with van der Waals surface area (Å²) in [4.78, 5) is 22.3. The molecule has 32 heavy (non-hydrogen) atoms. The van der Waals surface area contributed by atoms with E-state index in [0.717, 1.165) is 42.5 Å². The zero-order valence-corrected chi connectivity index (χ0v) is 17.8. The number of hydrogen-bond donors (Lipinski definition) is 3. The van der Waals surface area contributed by atoms with Crippen LogP contribution in [-0.4, -0.2) is 38.0 Å². The quantitative estimate of drug-likeness (QED) is 0.411. The molecule has 3 aromatic heterocycles. The van der Waals surface area contributed by atoms with Crippen LogP contribution in [0.15, 0.2) is 67.0 Å². The molecule has 8 nitrogen and oxygen atoms in total. The van der Waals surface area contributed by atoms with E-state index in [4.69, 9.17) is 0 Å². The number of anilines is 4. The highest BCUT2D eigenvalue weighted by Crippen LogP contribution is 2.20. The lowest BCUT2D eigenvalue weighted by molar-refractivity contribution is 0.346. The first-order valence-electron chi connectivity index (χ1n) is 10.7. The Balaban J connectivity index is 1.27. The molecule has 0 unspecified atom stereocenters. The average Bonchev–Trinajstić information content (AvgIpc) is 2.78. The molecular formula is C24H24N8. The van der Waals surface area contributed by atoms with Gasteiger partial charge in [-0.3, -0.25) is 0 Å². The van der Waals surface area contributed by atoms with E-state index in [0.29, 0.717) is 23.4 Å². The maximum atomic E-state index is 4.57. The number of pyridine rings is 1. The van der Waals surface area contributed by atoms with Gasteiger partial charge in [-0.15, -0.1) is 0 Å². The van der Waals surface area contributed by atoms with Crippen molar-refractivity contribution in [2.45, 2.75) is 13.3 Å². The van der Waals surface area contributed by atoms with Gasteiger partial charge in [0.15, 0.2) is 5.82 Å². The molecule has 0 amide bonds. The fourth-order valence-electron chi connectivity index (χ4n) is 3.52. The van der Waals surface area contributed by atoms with Crippen LogP contribution < -0.4 is 16.0 Å². The van der Waals surface area contributed by atoms with Crippen molar-refractivity contribution in [3.8, 4) is 11.5 Å². The molecule has 4 heterocycles. The van der Waals surface area contributed by atoms with Gasteiger partial charge in [0.25, 0.3) is 0 Å². The van der Waals surface area contributed by atoms with Crippen molar-refractivity contribution < 1.29 is 0 Å². The first kappa shape index (κ1) is 20.0. The first-order valence-corrected chi connectivity index (χ1v) is 10.7. The molecule has 0 bridgehead atoms. The summed E-state index contributed by atoms with van der Waals surface area (Å²) in [6, 6.07) is 17.8. The fraction of sp³-hybridized carbons (Fsp3) is 0.208. The number of nitrogens with zero attached hydrogens (tertiary/aromatic N) is 5. The Morgan fingerprint density at radius 3 is 2.38 bits per heavy atom. The molecule has 3 N–H and O–H groups in total. The largest absolute Gasteiger partial charge is 0.325 e. The lowest BCUT2D eigenvalue weighted by Crippen LogP contribution is -2.43. The summed E-state index contributed by atoms with van der Waals surface area (Å²) in [6.45, 7) is 4.17. The van der Waals surface area contributed by atoms with Gasteiger partial charge in [0, 0.05) is 23.8 Å². The highest BCUT2D eigenvalue weighted by Gasteiger charge is 2.16. The van der Waals surface area contributed by atoms with Crippen molar-refractivity contribution in [3.05, 3.63) is 78.2 Å². The fourth-order valence-corrected chi connectivity index (χ4v) is 3.52. The highest BCUT2D eigenvalue weighted by molar-refractivity contribution is 5.59. The third-order valence-electron chi connectivity index (χ3n) is 5.29. The van der Waals surface area contributed by atoms with Crippen molar-refractivity contribution in [3.63, 3.8) is 0 Å². The second kappa shape index (κ2) is 9.07. The third-order valence-corrected chi connectivity index (χ3v) is 5.29. The maximum Gasteiger partial charge on any atom is 0.229 e. The number of rotatable bonds is 7. The molecule has 0 atom stereocenters. The van der Waals surface area contributed by atoms with Crippen LogP contribution in [0.4, 0.5) is 23.3 Å². The first-order chi connectivity index (χ1) is 15.7. The van der Waals surface area contributed by atoms with Crippen molar-refractivity contribution in [2.24, 2.45) is 5.92 Å². The number of aromatic nitrogens is 5. The molecular weight excluding hydrogens is 400 g/mol. The molecule has 1 aliphatic rings. The number of benzene rings is 1.